The van der Waals surface area contributed by atoms with Crippen molar-refractivity contribution in [2.75, 3.05) is 19.1 Å². The number of benzene rings is 3. The molecule has 27 heavy (non-hydrogen) atoms. The Bertz CT molecular complexity index is 922. The summed E-state index contributed by atoms with van der Waals surface area (Å²) in [6, 6.07) is 23.1. The predicted octanol–water partition coefficient (Wildman–Crippen LogP) is 4.86. The predicted molar refractivity (Wildman–Crippen MR) is 108 cm³/mol. The van der Waals surface area contributed by atoms with E-state index in [1.165, 1.54) is 0 Å². The normalized spacial score (nSPS) is 10.3. The molecule has 4 nitrogen and oxygen atoms in total. The number of rotatable bonds is 6. The minimum Gasteiger partial charge on any atom is -0.497 e. The molecule has 0 bridgehead atoms. The van der Waals surface area contributed by atoms with Gasteiger partial charge in [0.15, 0.2) is 0 Å². The summed E-state index contributed by atoms with van der Waals surface area (Å²) < 4.78 is 10.7. The standard InChI is InChI=1S/C23H23NO3/c1-17-8-7-11-19(14-17)24(16-18-9-5-4-6-10-18)23(25)21-13-12-20(26-2)15-22(21)27-3/h4-15H,16H2,1-3H3. The van der Waals surface area contributed by atoms with E-state index in [0.29, 0.717) is 23.6 Å². The molecule has 0 fully saturated rings. The van der Waals surface area contributed by atoms with Gasteiger partial charge in [-0.05, 0) is 42.3 Å². The molecule has 0 aromatic heterocycles. The second-order valence-electron chi connectivity index (χ2n) is 6.28. The zero-order chi connectivity index (χ0) is 19.2. The van der Waals surface area contributed by atoms with E-state index in [4.69, 9.17) is 9.47 Å². The second-order valence-corrected chi connectivity index (χ2v) is 6.28. The van der Waals surface area contributed by atoms with Crippen molar-refractivity contribution >= 4 is 11.6 Å². The number of aryl methyl sites for hydroxylation is 1. The van der Waals surface area contributed by atoms with E-state index in [0.717, 1.165) is 16.8 Å². The molecule has 0 radical (unpaired) electrons. The summed E-state index contributed by atoms with van der Waals surface area (Å²) in [5.41, 5.74) is 3.50. The number of carbonyl (C=O) groups is 1. The number of anilines is 1. The van der Waals surface area contributed by atoms with Crippen LogP contribution in [0.1, 0.15) is 21.5 Å². The number of methoxy groups -OCH3 is 2. The monoisotopic (exact) mass is 361 g/mol. The molecule has 0 aliphatic rings. The Morgan fingerprint density at radius 2 is 1.67 bits per heavy atom. The Morgan fingerprint density at radius 3 is 2.33 bits per heavy atom. The van der Waals surface area contributed by atoms with Crippen molar-refractivity contribution in [2.45, 2.75) is 13.5 Å². The van der Waals surface area contributed by atoms with Crippen molar-refractivity contribution in [2.24, 2.45) is 0 Å². The highest BCUT2D eigenvalue weighted by atomic mass is 16.5. The van der Waals surface area contributed by atoms with Crippen molar-refractivity contribution in [3.05, 3.63) is 89.5 Å². The zero-order valence-electron chi connectivity index (χ0n) is 15.8. The third kappa shape index (κ3) is 4.29. The summed E-state index contributed by atoms with van der Waals surface area (Å²) in [6.45, 7) is 2.49. The van der Waals surface area contributed by atoms with Crippen LogP contribution in [-0.2, 0) is 6.54 Å². The summed E-state index contributed by atoms with van der Waals surface area (Å²) in [4.78, 5) is 15.2. The first kappa shape index (κ1) is 18.5. The lowest BCUT2D eigenvalue weighted by molar-refractivity contribution is 0.0982. The van der Waals surface area contributed by atoms with Crippen LogP contribution < -0.4 is 14.4 Å². The average molecular weight is 361 g/mol. The summed E-state index contributed by atoms with van der Waals surface area (Å²) >= 11 is 0. The number of carbonyl (C=O) groups excluding carboxylic acids is 1. The van der Waals surface area contributed by atoms with Gasteiger partial charge in [-0.1, -0.05) is 42.5 Å². The minimum absolute atomic E-state index is 0.121. The number of hydrogen-bond donors (Lipinski definition) is 0. The summed E-state index contributed by atoms with van der Waals surface area (Å²) in [5.74, 6) is 1.02. The number of hydrogen-bond acceptors (Lipinski definition) is 3. The van der Waals surface area contributed by atoms with Gasteiger partial charge in [0.2, 0.25) is 0 Å². The SMILES string of the molecule is COc1ccc(C(=O)N(Cc2ccccc2)c2cccc(C)c2)c(OC)c1. The van der Waals surface area contributed by atoms with E-state index in [1.807, 2.05) is 61.5 Å². The second kappa shape index (κ2) is 8.41. The largest absolute Gasteiger partial charge is 0.497 e. The Balaban J connectivity index is 2.03. The van der Waals surface area contributed by atoms with Gasteiger partial charge in [0.1, 0.15) is 11.5 Å². The van der Waals surface area contributed by atoms with Crippen LogP contribution in [-0.4, -0.2) is 20.1 Å². The summed E-state index contributed by atoms with van der Waals surface area (Å²) in [6.07, 6.45) is 0. The van der Waals surface area contributed by atoms with E-state index in [1.54, 1.807) is 37.3 Å². The summed E-state index contributed by atoms with van der Waals surface area (Å²) in [5, 5.41) is 0. The van der Waals surface area contributed by atoms with Gasteiger partial charge in [-0.15, -0.1) is 0 Å². The maximum atomic E-state index is 13.4. The van der Waals surface area contributed by atoms with Gasteiger partial charge in [0.25, 0.3) is 5.91 Å². The molecular weight excluding hydrogens is 338 g/mol. The minimum atomic E-state index is -0.121. The van der Waals surface area contributed by atoms with Gasteiger partial charge >= 0.3 is 0 Å². The summed E-state index contributed by atoms with van der Waals surface area (Å²) in [7, 11) is 3.14. The van der Waals surface area contributed by atoms with Gasteiger partial charge in [-0.25, -0.2) is 0 Å². The molecule has 0 saturated carbocycles. The fraction of sp³-hybridized carbons (Fsp3) is 0.174. The lowest BCUT2D eigenvalue weighted by Crippen LogP contribution is -2.30. The van der Waals surface area contributed by atoms with Crippen molar-refractivity contribution in [1.82, 2.24) is 0 Å². The number of ether oxygens (including phenoxy) is 2. The van der Waals surface area contributed by atoms with Crippen molar-refractivity contribution < 1.29 is 14.3 Å². The highest BCUT2D eigenvalue weighted by Crippen LogP contribution is 2.28. The zero-order valence-corrected chi connectivity index (χ0v) is 15.8. The Labute approximate surface area is 160 Å². The molecular formula is C23H23NO3. The molecule has 0 aliphatic carbocycles. The van der Waals surface area contributed by atoms with Gasteiger partial charge in [0.05, 0.1) is 26.3 Å². The topological polar surface area (TPSA) is 38.8 Å². The molecule has 0 spiro atoms. The highest BCUT2D eigenvalue weighted by molar-refractivity contribution is 6.08. The molecule has 0 unspecified atom stereocenters. The third-order valence-corrected chi connectivity index (χ3v) is 4.38. The van der Waals surface area contributed by atoms with Crippen molar-refractivity contribution in [3.8, 4) is 11.5 Å². The molecule has 0 aliphatic heterocycles. The highest BCUT2D eigenvalue weighted by Gasteiger charge is 2.22. The number of nitrogens with zero attached hydrogens (tertiary/aromatic N) is 1. The smallest absolute Gasteiger partial charge is 0.262 e. The van der Waals surface area contributed by atoms with Gasteiger partial charge < -0.3 is 14.4 Å². The van der Waals surface area contributed by atoms with Crippen LogP contribution in [0.15, 0.2) is 72.8 Å². The quantitative estimate of drug-likeness (QED) is 0.629. The molecule has 4 heteroatoms. The van der Waals surface area contributed by atoms with Gasteiger partial charge in [0, 0.05) is 11.8 Å². The van der Waals surface area contributed by atoms with Crippen molar-refractivity contribution in [3.63, 3.8) is 0 Å². The first-order valence-electron chi connectivity index (χ1n) is 8.77. The van der Waals surface area contributed by atoms with Crippen LogP contribution in [0, 0.1) is 6.92 Å². The molecule has 0 saturated heterocycles. The van der Waals surface area contributed by atoms with E-state index < -0.39 is 0 Å². The van der Waals surface area contributed by atoms with Crippen LogP contribution in [0.25, 0.3) is 0 Å². The molecule has 3 rings (SSSR count). The van der Waals surface area contributed by atoms with E-state index >= 15 is 0 Å². The van der Waals surface area contributed by atoms with Gasteiger partial charge in [-0.3, -0.25) is 4.79 Å². The van der Waals surface area contributed by atoms with Gasteiger partial charge in [-0.2, -0.15) is 0 Å². The van der Waals surface area contributed by atoms with E-state index in [9.17, 15) is 4.79 Å². The molecule has 0 heterocycles. The first-order valence-corrected chi connectivity index (χ1v) is 8.77. The van der Waals surface area contributed by atoms with Crippen LogP contribution in [0.3, 0.4) is 0 Å². The third-order valence-electron chi connectivity index (χ3n) is 4.38. The lowest BCUT2D eigenvalue weighted by atomic mass is 10.1. The molecule has 0 atom stereocenters. The average Bonchev–Trinajstić information content (AvgIpc) is 2.71. The van der Waals surface area contributed by atoms with E-state index in [-0.39, 0.29) is 5.91 Å². The first-order chi connectivity index (χ1) is 13.1. The molecule has 3 aromatic rings. The van der Waals surface area contributed by atoms with Crippen LogP contribution in [0.2, 0.25) is 0 Å². The van der Waals surface area contributed by atoms with E-state index in [2.05, 4.69) is 0 Å². The molecule has 0 N–H and O–H groups in total. The van der Waals surface area contributed by atoms with Crippen LogP contribution in [0.5, 0.6) is 11.5 Å². The maximum Gasteiger partial charge on any atom is 0.262 e. The number of amides is 1. The van der Waals surface area contributed by atoms with Crippen LogP contribution >= 0.6 is 0 Å². The molecule has 1 amide bonds. The Kier molecular flexibility index (Phi) is 5.77. The fourth-order valence-corrected chi connectivity index (χ4v) is 2.96. The van der Waals surface area contributed by atoms with Crippen molar-refractivity contribution in [1.29, 1.82) is 0 Å². The Hall–Kier alpha value is -3.27. The molecule has 138 valence electrons. The van der Waals surface area contributed by atoms with Crippen LogP contribution in [0.4, 0.5) is 5.69 Å². The molecule has 3 aromatic carbocycles. The Morgan fingerprint density at radius 1 is 0.889 bits per heavy atom. The fourth-order valence-electron chi connectivity index (χ4n) is 2.96. The lowest BCUT2D eigenvalue weighted by Gasteiger charge is -2.24. The maximum absolute atomic E-state index is 13.4.